The van der Waals surface area contributed by atoms with Crippen molar-refractivity contribution in [1.82, 2.24) is 0 Å². The third kappa shape index (κ3) is 22.0. The van der Waals surface area contributed by atoms with Crippen LogP contribution in [-0.4, -0.2) is 26.7 Å². The maximum absolute atomic E-state index is 9.37. The Hall–Kier alpha value is 0.303. The number of carboxylic acids is 1. The summed E-state index contributed by atoms with van der Waals surface area (Å²) in [7, 11) is 4.83. The summed E-state index contributed by atoms with van der Waals surface area (Å²) in [5, 5.41) is 7.72. The molecule has 2 nitrogen and oxygen atoms in total. The monoisotopic (exact) mass is 186 g/mol. The fourth-order valence-electron chi connectivity index (χ4n) is 0. The van der Waals surface area contributed by atoms with Crippen molar-refractivity contribution in [3.05, 3.63) is 0 Å². The molecule has 0 unspecified atom stereocenters. The van der Waals surface area contributed by atoms with Gasteiger partial charge in [-0.1, -0.05) is 6.92 Å². The van der Waals surface area contributed by atoms with Gasteiger partial charge in [-0.3, -0.25) is 4.79 Å². The van der Waals surface area contributed by atoms with Crippen molar-refractivity contribution < 1.29 is 9.90 Å². The van der Waals surface area contributed by atoms with E-state index in [1.165, 1.54) is 0 Å². The average Bonchev–Trinajstić information content (AvgIpc) is 1.73. The molecule has 0 amide bonds. The van der Waals surface area contributed by atoms with Crippen molar-refractivity contribution in [1.29, 1.82) is 0 Å². The number of hydrogen-bond acceptors (Lipinski definition) is 1. The van der Waals surface area contributed by atoms with E-state index in [9.17, 15) is 4.79 Å². The van der Waals surface area contributed by atoms with Gasteiger partial charge >= 0.3 is 31.6 Å². The van der Waals surface area contributed by atoms with Crippen LogP contribution in [0.15, 0.2) is 0 Å². The van der Waals surface area contributed by atoms with E-state index in [4.69, 9.17) is 15.1 Å². The number of aliphatic carboxylic acids is 1. The predicted molar refractivity (Wildman–Crippen MR) is 33.7 cm³/mol. The molecule has 1 N–H and O–H groups in total. The Morgan fingerprint density at radius 1 is 1.86 bits per heavy atom. The zero-order valence-electron chi connectivity index (χ0n) is 4.44. The van der Waals surface area contributed by atoms with Crippen molar-refractivity contribution in [2.45, 2.75) is 13.3 Å². The zero-order valence-corrected chi connectivity index (χ0v) is 9.39. The van der Waals surface area contributed by atoms with E-state index in [0.717, 1.165) is 0 Å². The van der Waals surface area contributed by atoms with Crippen LogP contribution < -0.4 is 0 Å². The molecule has 0 saturated heterocycles. The molecule has 0 bridgehead atoms. The van der Waals surface area contributed by atoms with E-state index in [1.54, 1.807) is 6.92 Å². The van der Waals surface area contributed by atoms with Crippen LogP contribution in [0.2, 0.25) is 0 Å². The molecule has 0 saturated carbocycles. The van der Waals surface area contributed by atoms with Crippen molar-refractivity contribution >= 4 is 31.6 Å². The van der Waals surface area contributed by atoms with E-state index < -0.39 is 5.97 Å². The Balaban J connectivity index is 0. The van der Waals surface area contributed by atoms with Gasteiger partial charge in [0.15, 0.2) is 0 Å². The first-order valence-corrected chi connectivity index (χ1v) is 7.38. The number of rotatable bonds is 1. The fourth-order valence-corrected chi connectivity index (χ4v) is 0. The minimum absolute atomic E-state index is 0.222. The third-order valence-electron chi connectivity index (χ3n) is 0.302. The predicted octanol–water partition coefficient (Wildman–Crippen LogP) is -0.0134. The second kappa shape index (κ2) is 9.57. The van der Waals surface area contributed by atoms with Gasteiger partial charge in [-0.25, -0.2) is 0 Å². The Morgan fingerprint density at radius 2 is 2.00 bits per heavy atom. The molecular weight excluding hydrogens is 176 g/mol. The van der Waals surface area contributed by atoms with Gasteiger partial charge in [-0.2, -0.15) is 0 Å². The van der Waals surface area contributed by atoms with E-state index in [1.807, 2.05) is 0 Å². The van der Waals surface area contributed by atoms with Gasteiger partial charge in [-0.15, -0.1) is 0 Å². The van der Waals surface area contributed by atoms with Crippen molar-refractivity contribution in [3.63, 3.8) is 0 Å². The molecule has 0 aliphatic carbocycles. The van der Waals surface area contributed by atoms with Crippen molar-refractivity contribution in [2.75, 3.05) is 0 Å². The quantitative estimate of drug-likeness (QED) is 0.583. The van der Waals surface area contributed by atoms with Gasteiger partial charge in [0.25, 0.3) is 0 Å². The summed E-state index contributed by atoms with van der Waals surface area (Å²) >= 11 is 0.535. The van der Waals surface area contributed by atoms with Crippen LogP contribution in [0, 0.1) is 0 Å². The summed E-state index contributed by atoms with van der Waals surface area (Å²) in [6.45, 7) is 1.60. The molecule has 0 aromatic rings. The van der Waals surface area contributed by atoms with E-state index >= 15 is 0 Å². The summed E-state index contributed by atoms with van der Waals surface area (Å²) in [4.78, 5) is 9.37. The molecule has 0 atom stereocenters. The molecule has 7 heavy (non-hydrogen) atoms. The van der Waals surface area contributed by atoms with Gasteiger partial charge in [0.1, 0.15) is 0 Å². The van der Waals surface area contributed by atoms with Crippen LogP contribution in [0.1, 0.15) is 13.3 Å². The molecular formula is C3H9ClGeO2. The van der Waals surface area contributed by atoms with Gasteiger partial charge < -0.3 is 5.11 Å². The molecule has 0 aliphatic rings. The van der Waals surface area contributed by atoms with Crippen LogP contribution in [0.3, 0.4) is 0 Å². The second-order valence-corrected chi connectivity index (χ2v) is 0.747. The van der Waals surface area contributed by atoms with Gasteiger partial charge in [0.05, 0.1) is 0 Å². The molecule has 0 radical (unpaired) electrons. The van der Waals surface area contributed by atoms with Crippen LogP contribution in [0.25, 0.3) is 0 Å². The summed E-state index contributed by atoms with van der Waals surface area (Å²) < 4.78 is 0. The number of carboxylic acid groups (broad SMARTS) is 1. The molecule has 4 heteroatoms. The Kier molecular flexibility index (Phi) is 14.1. The topological polar surface area (TPSA) is 37.3 Å². The van der Waals surface area contributed by atoms with Crippen LogP contribution in [0.4, 0.5) is 0 Å². The normalized spacial score (nSPS) is 6.57. The standard InChI is InChI=1S/C3H6O2.ClGeH3/c1-2-3(4)5;1-2/h2H2,1H3,(H,4,5);2H3. The third-order valence-corrected chi connectivity index (χ3v) is 0.302. The first-order chi connectivity index (χ1) is 3.27. The molecule has 0 rings (SSSR count). The zero-order chi connectivity index (χ0) is 6.28. The summed E-state index contributed by atoms with van der Waals surface area (Å²) in [5.41, 5.74) is 0. The van der Waals surface area contributed by atoms with E-state index in [2.05, 4.69) is 0 Å². The second-order valence-electron chi connectivity index (χ2n) is 0.747. The average molecular weight is 185 g/mol. The number of hydrogen-bond donors (Lipinski definition) is 1. The van der Waals surface area contributed by atoms with E-state index in [0.29, 0.717) is 15.6 Å². The fraction of sp³-hybridized carbons (Fsp3) is 0.667. The first kappa shape index (κ1) is 10.3. The Labute approximate surface area is 55.3 Å². The molecule has 44 valence electrons. The Morgan fingerprint density at radius 3 is 2.00 bits per heavy atom. The van der Waals surface area contributed by atoms with Crippen LogP contribution >= 0.6 is 10.0 Å². The van der Waals surface area contributed by atoms with Gasteiger partial charge in [0.2, 0.25) is 0 Å². The SMILES string of the molecule is CCC(=O)O.[Cl][GeH3]. The minimum atomic E-state index is -0.745. The van der Waals surface area contributed by atoms with Gasteiger partial charge in [0, 0.05) is 6.42 Å². The number of carbonyl (C=O) groups is 1. The van der Waals surface area contributed by atoms with Crippen LogP contribution in [0.5, 0.6) is 0 Å². The first-order valence-electron chi connectivity index (χ1n) is 1.87. The molecule has 0 aromatic carbocycles. The van der Waals surface area contributed by atoms with Crippen LogP contribution in [-0.2, 0) is 4.79 Å². The van der Waals surface area contributed by atoms with Crippen molar-refractivity contribution in [3.8, 4) is 0 Å². The maximum atomic E-state index is 9.37. The molecule has 0 fully saturated rings. The van der Waals surface area contributed by atoms with Crippen molar-refractivity contribution in [2.24, 2.45) is 0 Å². The summed E-state index contributed by atoms with van der Waals surface area (Å²) in [6, 6.07) is 0. The Bertz CT molecular complexity index is 48.2. The molecule has 0 spiro atoms. The number of halogens is 1. The summed E-state index contributed by atoms with van der Waals surface area (Å²) in [5.74, 6) is -0.745. The summed E-state index contributed by atoms with van der Waals surface area (Å²) in [6.07, 6.45) is 0.222. The van der Waals surface area contributed by atoms with E-state index in [-0.39, 0.29) is 6.42 Å². The molecule has 0 aliphatic heterocycles. The molecule has 0 heterocycles. The molecule has 0 aromatic heterocycles. The van der Waals surface area contributed by atoms with Gasteiger partial charge in [-0.05, 0) is 0 Å².